The van der Waals surface area contributed by atoms with E-state index in [0.29, 0.717) is 18.9 Å². The van der Waals surface area contributed by atoms with Crippen LogP contribution >= 0.6 is 0 Å². The Bertz CT molecular complexity index is 696. The van der Waals surface area contributed by atoms with Gasteiger partial charge in [-0.15, -0.1) is 0 Å². The third-order valence-electron chi connectivity index (χ3n) is 3.11. The molecule has 0 radical (unpaired) electrons. The van der Waals surface area contributed by atoms with Gasteiger partial charge in [-0.05, 0) is 13.0 Å². The molecule has 0 unspecified atom stereocenters. The highest BCUT2D eigenvalue weighted by atomic mass is 15.3. The Morgan fingerprint density at radius 2 is 2.05 bits per heavy atom. The Kier molecular flexibility index (Phi) is 3.00. The molecular weight excluding hydrogens is 240 g/mol. The van der Waals surface area contributed by atoms with Gasteiger partial charge in [-0.25, -0.2) is 9.67 Å². The summed E-state index contributed by atoms with van der Waals surface area (Å²) in [6.07, 6.45) is 1.70. The lowest BCUT2D eigenvalue weighted by Gasteiger charge is -1.97. The van der Waals surface area contributed by atoms with E-state index in [2.05, 4.69) is 34.2 Å². The van der Waals surface area contributed by atoms with Crippen molar-refractivity contribution in [3.05, 3.63) is 42.1 Å². The number of fused-ring (bicyclic) bond motifs is 1. The van der Waals surface area contributed by atoms with Crippen LogP contribution in [0.2, 0.25) is 0 Å². The maximum atomic E-state index is 5.51. The lowest BCUT2D eigenvalue weighted by atomic mass is 10.2. The first-order valence-electron chi connectivity index (χ1n) is 6.34. The number of aryl methyl sites for hydroxylation is 1. The number of nitrogens with two attached hydrogens (primary N) is 1. The molecule has 0 fully saturated rings. The van der Waals surface area contributed by atoms with Gasteiger partial charge >= 0.3 is 0 Å². The monoisotopic (exact) mass is 256 g/mol. The normalized spacial score (nSPS) is 11.3. The van der Waals surface area contributed by atoms with Crippen LogP contribution < -0.4 is 5.73 Å². The van der Waals surface area contributed by atoms with E-state index in [4.69, 9.17) is 5.73 Å². The summed E-state index contributed by atoms with van der Waals surface area (Å²) >= 11 is 0. The van der Waals surface area contributed by atoms with Crippen LogP contribution in [0.1, 0.15) is 18.4 Å². The zero-order chi connectivity index (χ0) is 13.2. The minimum Gasteiger partial charge on any atom is -0.324 e. The second-order valence-electron chi connectivity index (χ2n) is 4.34. The number of aromatic nitrogens is 5. The summed E-state index contributed by atoms with van der Waals surface area (Å²) in [4.78, 5) is 4.13. The molecule has 2 aromatic heterocycles. The van der Waals surface area contributed by atoms with Crippen molar-refractivity contribution in [1.29, 1.82) is 0 Å². The van der Waals surface area contributed by atoms with Gasteiger partial charge in [-0.3, -0.25) is 4.68 Å². The Labute approximate surface area is 110 Å². The molecule has 0 aliphatic carbocycles. The molecule has 0 saturated carbocycles. The van der Waals surface area contributed by atoms with Crippen molar-refractivity contribution in [2.75, 3.05) is 0 Å². The van der Waals surface area contributed by atoms with Crippen LogP contribution in [-0.2, 0) is 19.6 Å². The van der Waals surface area contributed by atoms with E-state index in [1.807, 2.05) is 16.8 Å². The lowest BCUT2D eigenvalue weighted by Crippen LogP contribution is -2.05. The fourth-order valence-electron chi connectivity index (χ4n) is 2.21. The van der Waals surface area contributed by atoms with Crippen molar-refractivity contribution in [2.24, 2.45) is 5.73 Å². The summed E-state index contributed by atoms with van der Waals surface area (Å²) in [5, 5.41) is 10.1. The van der Waals surface area contributed by atoms with Crippen LogP contribution in [0.15, 0.2) is 30.6 Å². The average molecular weight is 256 g/mol. The molecule has 0 spiro atoms. The Morgan fingerprint density at radius 3 is 2.79 bits per heavy atom. The summed E-state index contributed by atoms with van der Waals surface area (Å²) in [5.41, 5.74) is 7.67. The maximum Gasteiger partial charge on any atom is 0.164 e. The van der Waals surface area contributed by atoms with Crippen molar-refractivity contribution >= 4 is 10.9 Å². The maximum absolute atomic E-state index is 5.51. The van der Waals surface area contributed by atoms with Crippen LogP contribution in [0.5, 0.6) is 0 Å². The summed E-state index contributed by atoms with van der Waals surface area (Å²) < 4.78 is 3.78. The SMILES string of the molecule is CCn1nc(Cn2cnc(CN)n2)c2ccccc21. The number of hydrogen-bond acceptors (Lipinski definition) is 4. The summed E-state index contributed by atoms with van der Waals surface area (Å²) in [7, 11) is 0. The van der Waals surface area contributed by atoms with Gasteiger partial charge in [-0.1, -0.05) is 18.2 Å². The molecule has 0 atom stereocenters. The molecule has 3 aromatic rings. The number of benzene rings is 1. The standard InChI is InChI=1S/C13H16N6/c1-2-19-12-6-4-3-5-10(12)11(16-19)8-18-9-15-13(7-14)17-18/h3-6,9H,2,7-8,14H2,1H3. The van der Waals surface area contributed by atoms with Gasteiger partial charge in [0.25, 0.3) is 0 Å². The van der Waals surface area contributed by atoms with Gasteiger partial charge < -0.3 is 5.73 Å². The van der Waals surface area contributed by atoms with Crippen molar-refractivity contribution in [1.82, 2.24) is 24.5 Å². The minimum atomic E-state index is 0.358. The molecule has 19 heavy (non-hydrogen) atoms. The summed E-state index contributed by atoms with van der Waals surface area (Å²) in [5.74, 6) is 0.652. The summed E-state index contributed by atoms with van der Waals surface area (Å²) in [6.45, 7) is 3.91. The highest BCUT2D eigenvalue weighted by molar-refractivity contribution is 5.81. The molecule has 0 saturated heterocycles. The number of para-hydroxylation sites is 1. The second kappa shape index (κ2) is 4.81. The second-order valence-corrected chi connectivity index (χ2v) is 4.34. The molecule has 2 heterocycles. The number of nitrogens with zero attached hydrogens (tertiary/aromatic N) is 5. The van der Waals surface area contributed by atoms with Crippen LogP contribution in [0, 0.1) is 0 Å². The molecule has 6 nitrogen and oxygen atoms in total. The predicted octanol–water partition coefficient (Wildman–Crippen LogP) is 1.15. The van der Waals surface area contributed by atoms with E-state index in [1.165, 1.54) is 0 Å². The van der Waals surface area contributed by atoms with Gasteiger partial charge in [0.05, 0.1) is 24.3 Å². The van der Waals surface area contributed by atoms with E-state index >= 15 is 0 Å². The first kappa shape index (κ1) is 11.9. The van der Waals surface area contributed by atoms with Crippen LogP contribution in [0.3, 0.4) is 0 Å². The third-order valence-corrected chi connectivity index (χ3v) is 3.11. The Hall–Kier alpha value is -2.21. The van der Waals surface area contributed by atoms with Crippen LogP contribution in [-0.4, -0.2) is 24.5 Å². The van der Waals surface area contributed by atoms with Crippen LogP contribution in [0.4, 0.5) is 0 Å². The van der Waals surface area contributed by atoms with Crippen LogP contribution in [0.25, 0.3) is 10.9 Å². The minimum absolute atomic E-state index is 0.358. The van der Waals surface area contributed by atoms with E-state index < -0.39 is 0 Å². The quantitative estimate of drug-likeness (QED) is 0.760. The Balaban J connectivity index is 2.00. The highest BCUT2D eigenvalue weighted by Gasteiger charge is 2.10. The van der Waals surface area contributed by atoms with Gasteiger partial charge in [-0.2, -0.15) is 10.2 Å². The molecule has 0 bridgehead atoms. The number of rotatable bonds is 4. The zero-order valence-corrected chi connectivity index (χ0v) is 10.8. The first-order valence-corrected chi connectivity index (χ1v) is 6.34. The molecule has 0 aliphatic rings. The predicted molar refractivity (Wildman–Crippen MR) is 72.4 cm³/mol. The van der Waals surface area contributed by atoms with Crippen molar-refractivity contribution in [3.8, 4) is 0 Å². The molecular formula is C13H16N6. The van der Waals surface area contributed by atoms with E-state index in [1.54, 1.807) is 11.0 Å². The van der Waals surface area contributed by atoms with Crippen molar-refractivity contribution in [3.63, 3.8) is 0 Å². The molecule has 6 heteroatoms. The van der Waals surface area contributed by atoms with Crippen molar-refractivity contribution in [2.45, 2.75) is 26.6 Å². The smallest absolute Gasteiger partial charge is 0.164 e. The fraction of sp³-hybridized carbons (Fsp3) is 0.308. The molecule has 2 N–H and O–H groups in total. The average Bonchev–Trinajstić information content (AvgIpc) is 3.04. The van der Waals surface area contributed by atoms with Gasteiger partial charge in [0.15, 0.2) is 5.82 Å². The van der Waals surface area contributed by atoms with Gasteiger partial charge in [0, 0.05) is 11.9 Å². The van der Waals surface area contributed by atoms with E-state index in [9.17, 15) is 0 Å². The van der Waals surface area contributed by atoms with E-state index in [-0.39, 0.29) is 0 Å². The molecule has 1 aromatic carbocycles. The molecule has 0 aliphatic heterocycles. The summed E-state index contributed by atoms with van der Waals surface area (Å²) in [6, 6.07) is 8.23. The first-order chi connectivity index (χ1) is 9.31. The van der Waals surface area contributed by atoms with E-state index in [0.717, 1.165) is 23.1 Å². The number of hydrogen-bond donors (Lipinski definition) is 1. The largest absolute Gasteiger partial charge is 0.324 e. The van der Waals surface area contributed by atoms with Gasteiger partial charge in [0.1, 0.15) is 6.33 Å². The lowest BCUT2D eigenvalue weighted by molar-refractivity contribution is 0.622. The van der Waals surface area contributed by atoms with Gasteiger partial charge in [0.2, 0.25) is 0 Å². The zero-order valence-electron chi connectivity index (χ0n) is 10.8. The third kappa shape index (κ3) is 2.10. The molecule has 0 amide bonds. The van der Waals surface area contributed by atoms with Crippen molar-refractivity contribution < 1.29 is 0 Å². The molecule has 98 valence electrons. The fourth-order valence-corrected chi connectivity index (χ4v) is 2.21. The molecule has 3 rings (SSSR count). The topological polar surface area (TPSA) is 74.5 Å². The Morgan fingerprint density at radius 1 is 1.21 bits per heavy atom. The highest BCUT2D eigenvalue weighted by Crippen LogP contribution is 2.18.